The maximum Gasteiger partial charge on any atom is 0.240 e. The first-order valence-corrected chi connectivity index (χ1v) is 7.51. The van der Waals surface area contributed by atoms with Crippen LogP contribution in [0.4, 0.5) is 5.69 Å². The van der Waals surface area contributed by atoms with Gasteiger partial charge in [0.05, 0.1) is 10.4 Å². The number of benzene rings is 1. The molecule has 1 aliphatic carbocycles. The van der Waals surface area contributed by atoms with E-state index in [1.54, 1.807) is 0 Å². The van der Waals surface area contributed by atoms with Crippen molar-refractivity contribution >= 4 is 27.5 Å². The Hall–Kier alpha value is -1.03. The summed E-state index contributed by atoms with van der Waals surface area (Å²) in [5, 5.41) is 2.86. The number of amides is 1. The molecule has 0 unspecified atom stereocenters. The van der Waals surface area contributed by atoms with Crippen LogP contribution in [0.3, 0.4) is 0 Å². The van der Waals surface area contributed by atoms with Crippen molar-refractivity contribution in [3.05, 3.63) is 24.3 Å². The van der Waals surface area contributed by atoms with Crippen LogP contribution in [-0.2, 0) is 4.79 Å². The summed E-state index contributed by atoms with van der Waals surface area (Å²) in [4.78, 5) is 11.8. The van der Waals surface area contributed by atoms with E-state index in [4.69, 9.17) is 4.74 Å². The van der Waals surface area contributed by atoms with Gasteiger partial charge < -0.3 is 10.1 Å². The van der Waals surface area contributed by atoms with Gasteiger partial charge in [-0.25, -0.2) is 0 Å². The highest BCUT2D eigenvalue weighted by Crippen LogP contribution is 2.25. The van der Waals surface area contributed by atoms with Crippen LogP contribution in [0.25, 0.3) is 0 Å². The summed E-state index contributed by atoms with van der Waals surface area (Å²) in [7, 11) is 0. The molecule has 1 aromatic rings. The van der Waals surface area contributed by atoms with Crippen molar-refractivity contribution in [1.82, 2.24) is 0 Å². The molecule has 104 valence electrons. The van der Waals surface area contributed by atoms with E-state index in [1.165, 1.54) is 12.8 Å². The minimum atomic E-state index is -0.563. The van der Waals surface area contributed by atoms with Gasteiger partial charge in [0.1, 0.15) is 5.75 Å². The second-order valence-electron chi connectivity index (χ2n) is 5.48. The van der Waals surface area contributed by atoms with Crippen molar-refractivity contribution in [3.63, 3.8) is 0 Å². The largest absolute Gasteiger partial charge is 0.490 e. The van der Waals surface area contributed by atoms with Crippen LogP contribution in [0.15, 0.2) is 24.3 Å². The third-order valence-electron chi connectivity index (χ3n) is 3.26. The smallest absolute Gasteiger partial charge is 0.240 e. The zero-order chi connectivity index (χ0) is 13.9. The summed E-state index contributed by atoms with van der Waals surface area (Å²) in [6.45, 7) is 3.64. The summed E-state index contributed by atoms with van der Waals surface area (Å²) >= 11 is 3.34. The van der Waals surface area contributed by atoms with Gasteiger partial charge in [0.25, 0.3) is 0 Å². The van der Waals surface area contributed by atoms with Crippen molar-refractivity contribution in [2.45, 2.75) is 50.0 Å². The van der Waals surface area contributed by atoms with Gasteiger partial charge in [-0.2, -0.15) is 0 Å². The number of rotatable bonds is 4. The summed E-state index contributed by atoms with van der Waals surface area (Å²) < 4.78 is 5.32. The van der Waals surface area contributed by atoms with E-state index in [0.29, 0.717) is 6.10 Å². The van der Waals surface area contributed by atoms with Gasteiger partial charge >= 0.3 is 0 Å². The SMILES string of the molecule is CC(C)(Br)C(=O)Nc1ccc(OC2CCCC2)cc1. The molecule has 2 rings (SSSR count). The van der Waals surface area contributed by atoms with Crippen molar-refractivity contribution in [2.75, 3.05) is 5.32 Å². The predicted molar refractivity (Wildman–Crippen MR) is 81.0 cm³/mol. The molecule has 19 heavy (non-hydrogen) atoms. The van der Waals surface area contributed by atoms with Crippen LogP contribution in [0.1, 0.15) is 39.5 Å². The Morgan fingerprint density at radius 2 is 1.84 bits per heavy atom. The molecule has 0 spiro atoms. The Balaban J connectivity index is 1.92. The Bertz CT molecular complexity index is 430. The van der Waals surface area contributed by atoms with Gasteiger partial charge in [0, 0.05) is 5.69 Å². The van der Waals surface area contributed by atoms with Crippen molar-refractivity contribution in [1.29, 1.82) is 0 Å². The molecule has 0 bridgehead atoms. The molecule has 4 heteroatoms. The molecule has 0 saturated heterocycles. The van der Waals surface area contributed by atoms with Gasteiger partial charge in [0.2, 0.25) is 5.91 Å². The number of carbonyl (C=O) groups is 1. The number of halogens is 1. The summed E-state index contributed by atoms with van der Waals surface area (Å²) in [5.41, 5.74) is 0.788. The lowest BCUT2D eigenvalue weighted by Crippen LogP contribution is -2.30. The third kappa shape index (κ3) is 4.23. The maximum atomic E-state index is 11.8. The lowest BCUT2D eigenvalue weighted by atomic mass is 10.2. The highest BCUT2D eigenvalue weighted by atomic mass is 79.9. The fourth-order valence-corrected chi connectivity index (χ4v) is 2.19. The Labute approximate surface area is 122 Å². The molecule has 1 fully saturated rings. The standard InChI is InChI=1S/C15H20BrNO2/c1-15(2,16)14(18)17-11-7-9-13(10-8-11)19-12-5-3-4-6-12/h7-10,12H,3-6H2,1-2H3,(H,17,18). The zero-order valence-electron chi connectivity index (χ0n) is 11.4. The molecule has 3 nitrogen and oxygen atoms in total. The second kappa shape index (κ2) is 5.95. The molecule has 1 aliphatic rings. The highest BCUT2D eigenvalue weighted by molar-refractivity contribution is 9.10. The molecule has 1 amide bonds. The van der Waals surface area contributed by atoms with Crippen LogP contribution in [-0.4, -0.2) is 16.3 Å². The average Bonchev–Trinajstić information content (AvgIpc) is 2.83. The molecule has 0 aromatic heterocycles. The quantitative estimate of drug-likeness (QED) is 0.845. The topological polar surface area (TPSA) is 38.3 Å². The van der Waals surface area contributed by atoms with Gasteiger partial charge in [-0.1, -0.05) is 15.9 Å². The van der Waals surface area contributed by atoms with Crippen LogP contribution < -0.4 is 10.1 Å². The van der Waals surface area contributed by atoms with Crippen LogP contribution >= 0.6 is 15.9 Å². The van der Waals surface area contributed by atoms with Gasteiger partial charge in [-0.3, -0.25) is 4.79 Å². The normalized spacial score (nSPS) is 16.4. The fourth-order valence-electron chi connectivity index (χ4n) is 2.10. The van der Waals surface area contributed by atoms with Crippen LogP contribution in [0.2, 0.25) is 0 Å². The average molecular weight is 326 g/mol. The van der Waals surface area contributed by atoms with E-state index >= 15 is 0 Å². The Morgan fingerprint density at radius 1 is 1.26 bits per heavy atom. The monoisotopic (exact) mass is 325 g/mol. The van der Waals surface area contributed by atoms with E-state index in [1.807, 2.05) is 38.1 Å². The number of anilines is 1. The lowest BCUT2D eigenvalue weighted by molar-refractivity contribution is -0.117. The first-order valence-electron chi connectivity index (χ1n) is 6.72. The van der Waals surface area contributed by atoms with Crippen molar-refractivity contribution in [3.8, 4) is 5.75 Å². The van der Waals surface area contributed by atoms with Gasteiger partial charge in [-0.05, 0) is 63.8 Å². The van der Waals surface area contributed by atoms with E-state index in [9.17, 15) is 4.79 Å². The summed E-state index contributed by atoms with van der Waals surface area (Å²) in [6, 6.07) is 7.58. The van der Waals surface area contributed by atoms with E-state index in [-0.39, 0.29) is 5.91 Å². The molecular formula is C15H20BrNO2. The molecular weight excluding hydrogens is 306 g/mol. The number of hydrogen-bond donors (Lipinski definition) is 1. The Morgan fingerprint density at radius 3 is 2.37 bits per heavy atom. The fraction of sp³-hybridized carbons (Fsp3) is 0.533. The van der Waals surface area contributed by atoms with E-state index < -0.39 is 4.32 Å². The zero-order valence-corrected chi connectivity index (χ0v) is 13.0. The van der Waals surface area contributed by atoms with Crippen LogP contribution in [0, 0.1) is 0 Å². The maximum absolute atomic E-state index is 11.8. The first-order chi connectivity index (χ1) is 8.95. The van der Waals surface area contributed by atoms with Crippen molar-refractivity contribution in [2.24, 2.45) is 0 Å². The number of hydrogen-bond acceptors (Lipinski definition) is 2. The molecule has 1 N–H and O–H groups in total. The first kappa shape index (κ1) is 14.4. The third-order valence-corrected chi connectivity index (χ3v) is 3.62. The van der Waals surface area contributed by atoms with Gasteiger partial charge in [0.15, 0.2) is 0 Å². The molecule has 0 heterocycles. The number of carbonyl (C=O) groups excluding carboxylic acids is 1. The highest BCUT2D eigenvalue weighted by Gasteiger charge is 2.23. The minimum absolute atomic E-state index is 0.0584. The minimum Gasteiger partial charge on any atom is -0.490 e. The molecule has 0 aliphatic heterocycles. The molecule has 0 atom stereocenters. The number of alkyl halides is 1. The number of ether oxygens (including phenoxy) is 1. The molecule has 1 saturated carbocycles. The lowest BCUT2D eigenvalue weighted by Gasteiger charge is -2.16. The number of nitrogens with one attached hydrogen (secondary N) is 1. The second-order valence-corrected chi connectivity index (χ2v) is 7.46. The predicted octanol–water partition coefficient (Wildman–Crippen LogP) is 4.12. The van der Waals surface area contributed by atoms with Crippen molar-refractivity contribution < 1.29 is 9.53 Å². The molecule has 1 aromatic carbocycles. The van der Waals surface area contributed by atoms with E-state index in [2.05, 4.69) is 21.2 Å². The molecule has 0 radical (unpaired) electrons. The van der Waals surface area contributed by atoms with Gasteiger partial charge in [-0.15, -0.1) is 0 Å². The van der Waals surface area contributed by atoms with E-state index in [0.717, 1.165) is 24.3 Å². The van der Waals surface area contributed by atoms with Crippen LogP contribution in [0.5, 0.6) is 5.75 Å². The summed E-state index contributed by atoms with van der Waals surface area (Å²) in [6.07, 6.45) is 5.19. The Kier molecular flexibility index (Phi) is 4.50. The summed E-state index contributed by atoms with van der Waals surface area (Å²) in [5.74, 6) is 0.819.